The highest BCUT2D eigenvalue weighted by molar-refractivity contribution is 4.77. The average molecular weight is 174 g/mol. The summed E-state index contributed by atoms with van der Waals surface area (Å²) in [4.78, 5) is 19.1. The highest BCUT2D eigenvalue weighted by Crippen LogP contribution is 2.20. The van der Waals surface area contributed by atoms with Gasteiger partial charge >= 0.3 is 5.66 Å². The fourth-order valence-electron chi connectivity index (χ4n) is 0.849. The van der Waals surface area contributed by atoms with E-state index in [1.807, 2.05) is 0 Å². The molecule has 0 heterocycles. The van der Waals surface area contributed by atoms with Crippen molar-refractivity contribution in [2.75, 3.05) is 0 Å². The molecular formula is C6H10N2O4. The number of nitrogens with zero attached hydrogens (tertiary/aromatic N) is 2. The van der Waals surface area contributed by atoms with Gasteiger partial charge in [-0.3, -0.25) is 20.2 Å². The standard InChI is InChI=1S/C6H10N2O4/c1-3-5-6(4-2,7(9)10)8(11)12/h3H,1,4-5H2,2H3. The van der Waals surface area contributed by atoms with E-state index in [4.69, 9.17) is 0 Å². The van der Waals surface area contributed by atoms with Gasteiger partial charge in [0.1, 0.15) is 6.42 Å². The first-order chi connectivity index (χ1) is 5.51. The van der Waals surface area contributed by atoms with Gasteiger partial charge in [0.2, 0.25) is 0 Å². The van der Waals surface area contributed by atoms with E-state index >= 15 is 0 Å². The Morgan fingerprint density at radius 3 is 1.92 bits per heavy atom. The molecule has 0 radical (unpaired) electrons. The number of hydrogen-bond donors (Lipinski definition) is 0. The lowest BCUT2D eigenvalue weighted by Gasteiger charge is -2.12. The van der Waals surface area contributed by atoms with Crippen LogP contribution >= 0.6 is 0 Å². The van der Waals surface area contributed by atoms with Crippen LogP contribution in [0, 0.1) is 20.2 Å². The third-order valence-corrected chi connectivity index (χ3v) is 1.72. The molecule has 0 unspecified atom stereocenters. The average Bonchev–Trinajstić information content (AvgIpc) is 1.98. The summed E-state index contributed by atoms with van der Waals surface area (Å²) in [6.07, 6.45) is 0.803. The van der Waals surface area contributed by atoms with Gasteiger partial charge in [0.15, 0.2) is 0 Å². The number of hydrogen-bond acceptors (Lipinski definition) is 4. The predicted octanol–water partition coefficient (Wildman–Crippen LogP) is 1.22. The molecule has 68 valence electrons. The molecule has 0 aliphatic heterocycles. The highest BCUT2D eigenvalue weighted by Gasteiger charge is 2.52. The smallest absolute Gasteiger partial charge is 0.258 e. The molecule has 12 heavy (non-hydrogen) atoms. The molecule has 6 heteroatoms. The van der Waals surface area contributed by atoms with E-state index in [1.54, 1.807) is 0 Å². The van der Waals surface area contributed by atoms with Crippen LogP contribution in [-0.4, -0.2) is 15.5 Å². The lowest BCUT2D eigenvalue weighted by atomic mass is 10.1. The SMILES string of the molecule is C=CCC(CC)([N+](=O)[O-])[N+](=O)[O-]. The van der Waals surface area contributed by atoms with Gasteiger partial charge in [0.05, 0.1) is 16.3 Å². The molecule has 0 spiro atoms. The molecule has 0 N–H and O–H groups in total. The Hall–Kier alpha value is -1.46. The van der Waals surface area contributed by atoms with Crippen LogP contribution in [0.2, 0.25) is 0 Å². The van der Waals surface area contributed by atoms with Gasteiger partial charge in [-0.2, -0.15) is 0 Å². The second kappa shape index (κ2) is 3.80. The molecule has 0 aromatic heterocycles. The summed E-state index contributed by atoms with van der Waals surface area (Å²) in [5.74, 6) is 0. The zero-order valence-corrected chi connectivity index (χ0v) is 6.73. The number of rotatable bonds is 5. The second-order valence-corrected chi connectivity index (χ2v) is 2.34. The predicted molar refractivity (Wildman–Crippen MR) is 41.8 cm³/mol. The molecule has 6 nitrogen and oxygen atoms in total. The normalized spacial score (nSPS) is 10.8. The van der Waals surface area contributed by atoms with Crippen LogP contribution < -0.4 is 0 Å². The minimum atomic E-state index is -2.08. The minimum absolute atomic E-state index is 0.140. The summed E-state index contributed by atoms with van der Waals surface area (Å²) >= 11 is 0. The van der Waals surface area contributed by atoms with Crippen LogP contribution in [0.15, 0.2) is 12.7 Å². The van der Waals surface area contributed by atoms with Gasteiger partial charge in [0, 0.05) is 0 Å². The molecule has 0 aromatic carbocycles. The van der Waals surface area contributed by atoms with Gasteiger partial charge in [0.25, 0.3) is 0 Å². The molecule has 0 bridgehead atoms. The molecule has 0 saturated heterocycles. The van der Waals surface area contributed by atoms with Crippen LogP contribution in [0.3, 0.4) is 0 Å². The molecule has 0 saturated carbocycles. The van der Waals surface area contributed by atoms with Gasteiger partial charge in [-0.1, -0.05) is 13.0 Å². The molecule has 0 rings (SSSR count). The quantitative estimate of drug-likeness (QED) is 0.271. The maximum atomic E-state index is 10.4. The molecule has 0 aliphatic carbocycles. The Balaban J connectivity index is 4.88. The first-order valence-corrected chi connectivity index (χ1v) is 3.41. The fourth-order valence-corrected chi connectivity index (χ4v) is 0.849. The summed E-state index contributed by atoms with van der Waals surface area (Å²) < 4.78 is 0. The van der Waals surface area contributed by atoms with Crippen molar-refractivity contribution in [2.24, 2.45) is 0 Å². The van der Waals surface area contributed by atoms with Crippen molar-refractivity contribution in [1.29, 1.82) is 0 Å². The monoisotopic (exact) mass is 174 g/mol. The molecule has 0 aromatic rings. The maximum Gasteiger partial charge on any atom is 0.461 e. The Morgan fingerprint density at radius 1 is 1.42 bits per heavy atom. The van der Waals surface area contributed by atoms with E-state index in [1.165, 1.54) is 13.0 Å². The van der Waals surface area contributed by atoms with Crippen LogP contribution in [0.5, 0.6) is 0 Å². The fraction of sp³-hybridized carbons (Fsp3) is 0.667. The Kier molecular flexibility index (Phi) is 3.33. The highest BCUT2D eigenvalue weighted by atomic mass is 16.7. The van der Waals surface area contributed by atoms with Crippen LogP contribution in [0.25, 0.3) is 0 Å². The van der Waals surface area contributed by atoms with Gasteiger partial charge in [-0.25, -0.2) is 0 Å². The van der Waals surface area contributed by atoms with E-state index in [0.717, 1.165) is 0 Å². The topological polar surface area (TPSA) is 86.3 Å². The lowest BCUT2D eigenvalue weighted by molar-refractivity contribution is -0.796. The van der Waals surface area contributed by atoms with Crippen molar-refractivity contribution in [1.82, 2.24) is 0 Å². The van der Waals surface area contributed by atoms with E-state index < -0.39 is 15.5 Å². The van der Waals surface area contributed by atoms with Crippen molar-refractivity contribution >= 4 is 0 Å². The van der Waals surface area contributed by atoms with Crippen LogP contribution in [0.1, 0.15) is 19.8 Å². The zero-order valence-electron chi connectivity index (χ0n) is 6.73. The Bertz CT molecular complexity index is 200. The summed E-state index contributed by atoms with van der Waals surface area (Å²) in [6, 6.07) is 0. The second-order valence-electron chi connectivity index (χ2n) is 2.34. The van der Waals surface area contributed by atoms with E-state index in [9.17, 15) is 20.2 Å². The molecule has 0 atom stereocenters. The van der Waals surface area contributed by atoms with E-state index in [2.05, 4.69) is 6.58 Å². The summed E-state index contributed by atoms with van der Waals surface area (Å²) in [5, 5.41) is 20.8. The summed E-state index contributed by atoms with van der Waals surface area (Å²) in [5.41, 5.74) is -2.08. The third-order valence-electron chi connectivity index (χ3n) is 1.72. The van der Waals surface area contributed by atoms with E-state index in [-0.39, 0.29) is 12.8 Å². The van der Waals surface area contributed by atoms with Gasteiger partial charge in [-0.15, -0.1) is 6.58 Å². The molecule has 0 amide bonds. The molecular weight excluding hydrogens is 164 g/mol. The van der Waals surface area contributed by atoms with Gasteiger partial charge < -0.3 is 0 Å². The largest absolute Gasteiger partial charge is 0.461 e. The lowest BCUT2D eigenvalue weighted by Crippen LogP contribution is -2.45. The van der Waals surface area contributed by atoms with Crippen molar-refractivity contribution in [3.05, 3.63) is 32.9 Å². The van der Waals surface area contributed by atoms with Crippen LogP contribution in [0.4, 0.5) is 0 Å². The first kappa shape index (κ1) is 10.5. The van der Waals surface area contributed by atoms with Crippen molar-refractivity contribution in [2.45, 2.75) is 25.4 Å². The number of nitro groups is 2. The van der Waals surface area contributed by atoms with Crippen molar-refractivity contribution < 1.29 is 9.85 Å². The van der Waals surface area contributed by atoms with Crippen LogP contribution in [-0.2, 0) is 0 Å². The first-order valence-electron chi connectivity index (χ1n) is 3.41. The van der Waals surface area contributed by atoms with Crippen molar-refractivity contribution in [3.8, 4) is 0 Å². The van der Waals surface area contributed by atoms with E-state index in [0.29, 0.717) is 0 Å². The van der Waals surface area contributed by atoms with Gasteiger partial charge in [-0.05, 0) is 0 Å². The maximum absolute atomic E-state index is 10.4. The molecule has 0 fully saturated rings. The third kappa shape index (κ3) is 1.58. The minimum Gasteiger partial charge on any atom is -0.258 e. The summed E-state index contributed by atoms with van der Waals surface area (Å²) in [7, 11) is 0. The Morgan fingerprint density at radius 2 is 1.83 bits per heavy atom. The Labute approximate surface area is 69.2 Å². The molecule has 0 aliphatic rings. The summed E-state index contributed by atoms with van der Waals surface area (Å²) in [6.45, 7) is 4.66. The van der Waals surface area contributed by atoms with Crippen molar-refractivity contribution in [3.63, 3.8) is 0 Å². The zero-order chi connectivity index (χ0) is 9.78.